The molecule has 0 radical (unpaired) electrons. The number of urea groups is 1. The number of carbonyl (C=O) groups is 2. The Kier molecular flexibility index (Phi) is 3.24. The van der Waals surface area contributed by atoms with E-state index in [0.717, 1.165) is 0 Å². The second-order valence-corrected chi connectivity index (χ2v) is 4.60. The van der Waals surface area contributed by atoms with Crippen molar-refractivity contribution < 1.29 is 19.1 Å². The Morgan fingerprint density at radius 3 is 2.71 bits per heavy atom. The van der Waals surface area contributed by atoms with E-state index in [1.165, 1.54) is 0 Å². The summed E-state index contributed by atoms with van der Waals surface area (Å²) in [7, 11) is 1.59. The number of hydrogen-bond acceptors (Lipinski definition) is 4. The first-order valence-corrected chi connectivity index (χ1v) is 5.84. The van der Waals surface area contributed by atoms with Crippen LogP contribution in [-0.2, 0) is 14.3 Å². The molecule has 1 spiro atoms. The van der Waals surface area contributed by atoms with Gasteiger partial charge in [0.1, 0.15) is 0 Å². The molecule has 2 rings (SSSR count). The number of ether oxygens (including phenoxy) is 2. The molecular weight excluding hydrogens is 224 g/mol. The molecule has 96 valence electrons. The van der Waals surface area contributed by atoms with Crippen LogP contribution in [0.1, 0.15) is 6.92 Å². The van der Waals surface area contributed by atoms with Crippen molar-refractivity contribution in [3.8, 4) is 0 Å². The maximum absolute atomic E-state index is 11.9. The molecule has 6 nitrogen and oxygen atoms in total. The van der Waals surface area contributed by atoms with Gasteiger partial charge in [-0.3, -0.25) is 4.79 Å². The number of likely N-dealkylation sites (tertiary alicyclic amines) is 1. The summed E-state index contributed by atoms with van der Waals surface area (Å²) >= 11 is 0. The molecule has 0 aromatic rings. The quantitative estimate of drug-likeness (QED) is 0.683. The van der Waals surface area contributed by atoms with E-state index in [4.69, 9.17) is 9.47 Å². The summed E-state index contributed by atoms with van der Waals surface area (Å²) in [6.07, 6.45) is 0. The van der Waals surface area contributed by atoms with Crippen molar-refractivity contribution in [1.29, 1.82) is 0 Å². The van der Waals surface area contributed by atoms with Crippen molar-refractivity contribution in [2.24, 2.45) is 11.3 Å². The van der Waals surface area contributed by atoms with E-state index in [9.17, 15) is 9.59 Å². The zero-order chi connectivity index (χ0) is 12.5. The Hall–Kier alpha value is -1.30. The monoisotopic (exact) mass is 242 g/mol. The summed E-state index contributed by atoms with van der Waals surface area (Å²) in [5.41, 5.74) is -0.223. The standard InChI is InChI=1S/C11H18N2O4/c1-3-17-9(14)8-4-13(10(15)12-2)5-11(8)6-16-7-11/h8H,3-7H2,1-2H3,(H,12,15). The Morgan fingerprint density at radius 1 is 1.53 bits per heavy atom. The number of nitrogens with zero attached hydrogens (tertiary/aromatic N) is 1. The summed E-state index contributed by atoms with van der Waals surface area (Å²) in [6.45, 7) is 4.20. The molecule has 2 amide bonds. The molecule has 0 saturated carbocycles. The Morgan fingerprint density at radius 2 is 2.24 bits per heavy atom. The lowest BCUT2D eigenvalue weighted by Crippen LogP contribution is -2.51. The normalized spacial score (nSPS) is 25.5. The lowest BCUT2D eigenvalue weighted by molar-refractivity contribution is -0.169. The van der Waals surface area contributed by atoms with Crippen LogP contribution in [0.2, 0.25) is 0 Å². The van der Waals surface area contributed by atoms with Crippen molar-refractivity contribution >= 4 is 12.0 Å². The summed E-state index contributed by atoms with van der Waals surface area (Å²) in [4.78, 5) is 25.1. The zero-order valence-electron chi connectivity index (χ0n) is 10.2. The minimum atomic E-state index is -0.256. The third kappa shape index (κ3) is 1.97. The summed E-state index contributed by atoms with van der Waals surface area (Å²) in [5, 5.41) is 2.58. The second kappa shape index (κ2) is 4.52. The van der Waals surface area contributed by atoms with Gasteiger partial charge in [0, 0.05) is 25.6 Å². The highest BCUT2D eigenvalue weighted by molar-refractivity contribution is 5.79. The topological polar surface area (TPSA) is 67.9 Å². The molecular formula is C11H18N2O4. The SMILES string of the molecule is CCOC(=O)C1CN(C(=O)NC)CC12COC2. The van der Waals surface area contributed by atoms with Gasteiger partial charge in [-0.1, -0.05) is 0 Å². The first-order chi connectivity index (χ1) is 8.13. The van der Waals surface area contributed by atoms with Crippen LogP contribution in [0.15, 0.2) is 0 Å². The van der Waals surface area contributed by atoms with Crippen LogP contribution in [0, 0.1) is 11.3 Å². The van der Waals surface area contributed by atoms with Gasteiger partial charge in [0.2, 0.25) is 0 Å². The first-order valence-electron chi connectivity index (χ1n) is 5.84. The predicted molar refractivity (Wildman–Crippen MR) is 59.4 cm³/mol. The highest BCUT2D eigenvalue weighted by Crippen LogP contribution is 2.42. The molecule has 1 unspecified atom stereocenters. The minimum Gasteiger partial charge on any atom is -0.466 e. The molecule has 2 aliphatic heterocycles. The molecule has 17 heavy (non-hydrogen) atoms. The largest absolute Gasteiger partial charge is 0.466 e. The van der Waals surface area contributed by atoms with Crippen LogP contribution in [0.3, 0.4) is 0 Å². The third-order valence-corrected chi connectivity index (χ3v) is 3.50. The Bertz CT molecular complexity index is 327. The average Bonchev–Trinajstić information content (AvgIpc) is 2.68. The fourth-order valence-corrected chi connectivity index (χ4v) is 2.51. The van der Waals surface area contributed by atoms with Gasteiger partial charge in [0.15, 0.2) is 0 Å². The van der Waals surface area contributed by atoms with E-state index in [0.29, 0.717) is 32.9 Å². The number of hydrogen-bond donors (Lipinski definition) is 1. The van der Waals surface area contributed by atoms with E-state index in [-0.39, 0.29) is 23.3 Å². The molecule has 2 saturated heterocycles. The molecule has 2 aliphatic rings. The van der Waals surface area contributed by atoms with Crippen molar-refractivity contribution in [3.05, 3.63) is 0 Å². The van der Waals surface area contributed by atoms with E-state index in [2.05, 4.69) is 5.32 Å². The van der Waals surface area contributed by atoms with E-state index >= 15 is 0 Å². The van der Waals surface area contributed by atoms with Crippen LogP contribution in [0.4, 0.5) is 4.79 Å². The van der Waals surface area contributed by atoms with Gasteiger partial charge in [-0.2, -0.15) is 0 Å². The van der Waals surface area contributed by atoms with Crippen LogP contribution < -0.4 is 5.32 Å². The molecule has 0 aliphatic carbocycles. The van der Waals surface area contributed by atoms with Crippen molar-refractivity contribution in [3.63, 3.8) is 0 Å². The van der Waals surface area contributed by atoms with Crippen molar-refractivity contribution in [1.82, 2.24) is 10.2 Å². The molecule has 0 aromatic heterocycles. The molecule has 0 bridgehead atoms. The highest BCUT2D eigenvalue weighted by Gasteiger charge is 2.56. The number of carbonyl (C=O) groups excluding carboxylic acids is 2. The van der Waals surface area contributed by atoms with Gasteiger partial charge in [0.25, 0.3) is 0 Å². The van der Waals surface area contributed by atoms with Crippen LogP contribution in [-0.4, -0.2) is 56.9 Å². The Labute approximate surface area is 100 Å². The maximum Gasteiger partial charge on any atom is 0.317 e. The Balaban J connectivity index is 2.09. The fourth-order valence-electron chi connectivity index (χ4n) is 2.51. The van der Waals surface area contributed by atoms with Gasteiger partial charge >= 0.3 is 12.0 Å². The first kappa shape index (κ1) is 12.2. The van der Waals surface area contributed by atoms with Gasteiger partial charge < -0.3 is 19.7 Å². The number of esters is 1. The van der Waals surface area contributed by atoms with Crippen molar-refractivity contribution in [2.45, 2.75) is 6.92 Å². The molecule has 2 heterocycles. The average molecular weight is 242 g/mol. The molecule has 1 N–H and O–H groups in total. The summed E-state index contributed by atoms with van der Waals surface area (Å²) < 4.78 is 10.3. The lowest BCUT2D eigenvalue weighted by atomic mass is 9.76. The van der Waals surface area contributed by atoms with Gasteiger partial charge in [-0.05, 0) is 6.92 Å². The van der Waals surface area contributed by atoms with Crippen LogP contribution in [0.25, 0.3) is 0 Å². The van der Waals surface area contributed by atoms with Gasteiger partial charge in [-0.25, -0.2) is 4.79 Å². The van der Waals surface area contributed by atoms with Crippen LogP contribution in [0.5, 0.6) is 0 Å². The molecule has 1 atom stereocenters. The van der Waals surface area contributed by atoms with Crippen LogP contribution >= 0.6 is 0 Å². The molecule has 2 fully saturated rings. The minimum absolute atomic E-state index is 0.150. The lowest BCUT2D eigenvalue weighted by Gasteiger charge is -2.40. The van der Waals surface area contributed by atoms with E-state index in [1.807, 2.05) is 0 Å². The second-order valence-electron chi connectivity index (χ2n) is 4.60. The van der Waals surface area contributed by atoms with E-state index in [1.54, 1.807) is 18.9 Å². The third-order valence-electron chi connectivity index (χ3n) is 3.50. The summed E-state index contributed by atoms with van der Waals surface area (Å²) in [5.74, 6) is -0.476. The summed E-state index contributed by atoms with van der Waals surface area (Å²) in [6, 6.07) is -0.150. The number of amides is 2. The van der Waals surface area contributed by atoms with Gasteiger partial charge in [-0.15, -0.1) is 0 Å². The number of rotatable bonds is 2. The highest BCUT2D eigenvalue weighted by atomic mass is 16.5. The maximum atomic E-state index is 11.9. The van der Waals surface area contributed by atoms with Gasteiger partial charge in [0.05, 0.1) is 25.7 Å². The predicted octanol–water partition coefficient (Wildman–Crippen LogP) is -0.163. The fraction of sp³-hybridized carbons (Fsp3) is 0.818. The van der Waals surface area contributed by atoms with E-state index < -0.39 is 0 Å². The zero-order valence-corrected chi connectivity index (χ0v) is 10.2. The molecule has 6 heteroatoms. The molecule has 0 aromatic carbocycles. The smallest absolute Gasteiger partial charge is 0.317 e. The van der Waals surface area contributed by atoms with Crippen molar-refractivity contribution in [2.75, 3.05) is 40.0 Å². The number of nitrogens with one attached hydrogen (secondary N) is 1.